The van der Waals surface area contributed by atoms with Crippen molar-refractivity contribution in [1.29, 1.82) is 0 Å². The van der Waals surface area contributed by atoms with Crippen LogP contribution in [-0.4, -0.2) is 57.4 Å². The Balaban J connectivity index is 1.52. The van der Waals surface area contributed by atoms with Gasteiger partial charge in [-0.1, -0.05) is 38.1 Å². The molecule has 47 heavy (non-hydrogen) atoms. The molecule has 0 aliphatic carbocycles. The highest BCUT2D eigenvalue weighted by atomic mass is 32.2. The molecule has 1 fully saturated rings. The lowest BCUT2D eigenvalue weighted by Crippen LogP contribution is -2.55. The summed E-state index contributed by atoms with van der Waals surface area (Å²) >= 11 is 0. The van der Waals surface area contributed by atoms with E-state index in [1.807, 2.05) is 45.9 Å². The highest BCUT2D eigenvalue weighted by Crippen LogP contribution is 2.40. The third-order valence-corrected chi connectivity index (χ3v) is 9.77. The van der Waals surface area contributed by atoms with Crippen molar-refractivity contribution >= 4 is 21.9 Å². The average molecular weight is 657 g/mol. The lowest BCUT2D eigenvalue weighted by Gasteiger charge is -2.46. The number of rotatable bonds is 6. The zero-order valence-electron chi connectivity index (χ0n) is 27.5. The van der Waals surface area contributed by atoms with Gasteiger partial charge in [0.15, 0.2) is 11.6 Å². The maximum absolute atomic E-state index is 14.6. The molecule has 2 aromatic heterocycles. The number of anilines is 1. The van der Waals surface area contributed by atoms with E-state index in [0.29, 0.717) is 36.5 Å². The second-order valence-corrected chi connectivity index (χ2v) is 14.6. The molecule has 11 nitrogen and oxygen atoms in total. The van der Waals surface area contributed by atoms with Crippen molar-refractivity contribution in [2.24, 2.45) is 5.92 Å². The fraction of sp³-hybridized carbons (Fsp3) is 0.400. The molecule has 2 aliphatic heterocycles. The molecule has 1 N–H and O–H groups in total. The first kappa shape index (κ1) is 32.4. The molecule has 4 heterocycles. The van der Waals surface area contributed by atoms with Gasteiger partial charge in [-0.05, 0) is 82.2 Å². The van der Waals surface area contributed by atoms with Crippen LogP contribution in [0, 0.1) is 19.8 Å². The second-order valence-electron chi connectivity index (χ2n) is 12.9. The minimum Gasteiger partial charge on any atom is -0.488 e. The maximum Gasteiger partial charge on any atom is 0.264 e. The van der Waals surface area contributed by atoms with E-state index in [4.69, 9.17) is 9.47 Å². The molecule has 1 amide bonds. The van der Waals surface area contributed by atoms with Gasteiger partial charge in [-0.15, -0.1) is 0 Å². The van der Waals surface area contributed by atoms with E-state index in [1.165, 1.54) is 12.1 Å². The van der Waals surface area contributed by atoms with Crippen LogP contribution in [0.5, 0.6) is 11.6 Å². The van der Waals surface area contributed by atoms with Crippen LogP contribution in [0.2, 0.25) is 0 Å². The van der Waals surface area contributed by atoms with E-state index in [-0.39, 0.29) is 40.2 Å². The molecular formula is C35H40N6O5S. The molecule has 0 spiro atoms. The third kappa shape index (κ3) is 6.78. The van der Waals surface area contributed by atoms with Gasteiger partial charge in [0.1, 0.15) is 6.10 Å². The first-order valence-corrected chi connectivity index (χ1v) is 17.4. The average Bonchev–Trinajstić information content (AvgIpc) is 3.01. The number of hydrogen-bond donors (Lipinski definition) is 1. The summed E-state index contributed by atoms with van der Waals surface area (Å²) in [6.07, 6.45) is 4.50. The lowest BCUT2D eigenvalue weighted by molar-refractivity contribution is -0.0129. The number of amides is 1. The Kier molecular flexibility index (Phi) is 8.88. The largest absolute Gasteiger partial charge is 0.488 e. The van der Waals surface area contributed by atoms with Crippen LogP contribution in [0.15, 0.2) is 65.8 Å². The summed E-state index contributed by atoms with van der Waals surface area (Å²) in [7, 11) is -4.18. The Morgan fingerprint density at radius 1 is 0.979 bits per heavy atom. The van der Waals surface area contributed by atoms with Crippen LogP contribution < -0.4 is 14.2 Å². The van der Waals surface area contributed by atoms with E-state index in [0.717, 1.165) is 16.7 Å². The number of hydrogen-bond acceptors (Lipinski definition) is 9. The second kappa shape index (κ2) is 12.9. The van der Waals surface area contributed by atoms with Crippen molar-refractivity contribution in [3.8, 4) is 22.9 Å². The quantitative estimate of drug-likeness (QED) is 0.254. The molecular weight excluding hydrogens is 616 g/mol. The number of nitrogens with zero attached hydrogens (tertiary/aromatic N) is 5. The van der Waals surface area contributed by atoms with Gasteiger partial charge >= 0.3 is 0 Å². The van der Waals surface area contributed by atoms with Crippen molar-refractivity contribution in [1.82, 2.24) is 24.8 Å². The van der Waals surface area contributed by atoms with E-state index < -0.39 is 28.2 Å². The number of sulfonamides is 1. The zero-order valence-corrected chi connectivity index (χ0v) is 28.3. The van der Waals surface area contributed by atoms with Gasteiger partial charge < -0.3 is 14.4 Å². The molecule has 0 saturated carbocycles. The van der Waals surface area contributed by atoms with E-state index in [9.17, 15) is 13.2 Å². The van der Waals surface area contributed by atoms with Crippen molar-refractivity contribution < 1.29 is 22.7 Å². The predicted molar refractivity (Wildman–Crippen MR) is 178 cm³/mol. The predicted octanol–water partition coefficient (Wildman–Crippen LogP) is 6.29. The summed E-state index contributed by atoms with van der Waals surface area (Å²) in [5, 5.41) is 0. The Hall–Kier alpha value is -4.58. The first-order valence-electron chi connectivity index (χ1n) is 16.0. The minimum atomic E-state index is -4.18. The van der Waals surface area contributed by atoms with E-state index in [1.54, 1.807) is 35.5 Å². The number of aromatic nitrogens is 4. The number of carbonyl (C=O) groups is 1. The minimum absolute atomic E-state index is 0.0382. The summed E-state index contributed by atoms with van der Waals surface area (Å²) < 4.78 is 42.4. The van der Waals surface area contributed by atoms with Crippen molar-refractivity contribution in [3.05, 3.63) is 83.4 Å². The van der Waals surface area contributed by atoms with Gasteiger partial charge in [-0.3, -0.25) is 4.79 Å². The Labute approximate surface area is 275 Å². The van der Waals surface area contributed by atoms with Crippen LogP contribution in [0.4, 0.5) is 5.95 Å². The van der Waals surface area contributed by atoms with Gasteiger partial charge in [0.2, 0.25) is 11.8 Å². The monoisotopic (exact) mass is 656 g/mol. The van der Waals surface area contributed by atoms with Crippen molar-refractivity contribution in [3.63, 3.8) is 0 Å². The van der Waals surface area contributed by atoms with Crippen LogP contribution in [0.1, 0.15) is 80.3 Å². The molecule has 12 heteroatoms. The number of carbonyl (C=O) groups excluding carboxylic acids is 1. The van der Waals surface area contributed by atoms with Crippen molar-refractivity contribution in [2.45, 2.75) is 90.0 Å². The standard InChI is InChI=1S/C35H40N6O5S/c1-20(2)15-29-30-14-13-28(33-36-18-25(19-37-33)45-21(3)4)41(29)34(42)24-11-8-12-26(16-24)47(43,44)40-35-38-27(17-31(39-35)46-30)32-22(5)9-7-10-23(32)6/h7-12,16-21,28-30H,13-15H2,1-6H3,(H,38,39,40)/t28-,29-,30-/m1/s1. The molecule has 4 aromatic rings. The van der Waals surface area contributed by atoms with Crippen molar-refractivity contribution in [2.75, 3.05) is 4.72 Å². The van der Waals surface area contributed by atoms with Crippen LogP contribution in [0.25, 0.3) is 11.3 Å². The zero-order chi connectivity index (χ0) is 33.5. The number of fused-ring (bicyclic) bond motifs is 6. The highest BCUT2D eigenvalue weighted by Gasteiger charge is 2.44. The molecule has 246 valence electrons. The summed E-state index contributed by atoms with van der Waals surface area (Å²) in [4.78, 5) is 34.7. The number of benzene rings is 2. The summed E-state index contributed by atoms with van der Waals surface area (Å²) in [6.45, 7) is 12.0. The molecule has 0 radical (unpaired) electrons. The topological polar surface area (TPSA) is 136 Å². The van der Waals surface area contributed by atoms with Gasteiger partial charge in [0.25, 0.3) is 15.9 Å². The smallest absolute Gasteiger partial charge is 0.264 e. The fourth-order valence-electron chi connectivity index (χ4n) is 6.48. The molecule has 3 atom stereocenters. The number of ether oxygens (including phenoxy) is 2. The first-order chi connectivity index (χ1) is 22.4. The molecule has 2 aliphatic rings. The Bertz CT molecular complexity index is 1880. The van der Waals surface area contributed by atoms with Crippen LogP contribution in [0.3, 0.4) is 0 Å². The van der Waals surface area contributed by atoms with E-state index in [2.05, 4.69) is 38.5 Å². The number of piperidine rings is 1. The third-order valence-electron chi connectivity index (χ3n) is 8.44. The molecule has 6 rings (SSSR count). The SMILES string of the molecule is Cc1cccc(C)c1-c1cc2nc(n1)NS(=O)(=O)c1cccc(c1)C(=O)N1[C@@H](c3ncc(OC(C)C)cn3)CC[C@@H](O2)[C@H]1CC(C)C. The fourth-order valence-corrected chi connectivity index (χ4v) is 7.47. The highest BCUT2D eigenvalue weighted by molar-refractivity contribution is 7.92. The van der Waals surface area contributed by atoms with Crippen LogP contribution in [-0.2, 0) is 10.0 Å². The van der Waals surface area contributed by atoms with Gasteiger partial charge in [-0.25, -0.2) is 28.1 Å². The molecule has 6 bridgehead atoms. The van der Waals surface area contributed by atoms with Gasteiger partial charge in [0.05, 0.1) is 41.2 Å². The molecule has 2 aromatic carbocycles. The maximum atomic E-state index is 14.6. The van der Waals surface area contributed by atoms with E-state index >= 15 is 0 Å². The summed E-state index contributed by atoms with van der Waals surface area (Å²) in [5.41, 5.74) is 3.59. The molecule has 1 saturated heterocycles. The number of nitrogens with one attached hydrogen (secondary N) is 1. The van der Waals surface area contributed by atoms with Crippen LogP contribution >= 0.6 is 0 Å². The Morgan fingerprint density at radius 2 is 1.68 bits per heavy atom. The normalized spacial score (nSPS) is 20.5. The van der Waals surface area contributed by atoms with Gasteiger partial charge in [-0.2, -0.15) is 4.98 Å². The lowest BCUT2D eigenvalue weighted by atomic mass is 9.86. The van der Waals surface area contributed by atoms with Gasteiger partial charge in [0, 0.05) is 17.2 Å². The molecule has 0 unspecified atom stereocenters. The number of aryl methyl sites for hydroxylation is 2. The Morgan fingerprint density at radius 3 is 2.36 bits per heavy atom. The summed E-state index contributed by atoms with van der Waals surface area (Å²) in [6, 6.07) is 12.8. The summed E-state index contributed by atoms with van der Waals surface area (Å²) in [5.74, 6) is 1.01.